The SMILES string of the molecule is CC(C)(C)N.CC(C)c1nc(N(C)S(C)(=O)=O)nc(-c2ccc(F)cc2)c1/C=C/[C@@H](O)C[C@@H](O)CC(=O)[O-].CC(C)c1nc(N(C)S(C)(=O)=O)nc(-c2ccc(F)cc2)c1/C=C/[C@@H](O)C[C@@H](O)CC(=O)[O-].CC(C)c1nc(N(C)S(C)(=O)=O)nc(-c2ccc(F)cc2)c1/C=C/[C@@H](O)C[C@@H](O)CC(=O)[O-].COC(=O)C[C@H]1C[C@@H](/C=C/c2c(-c3ccc(F)cc3)nc(N(C)S(C)(=O)=O)nc2C(C)C)OC(C)(C)O1.[Ca+2]. The van der Waals surface area contributed by atoms with Gasteiger partial charge >= 0.3 is 43.7 Å². The van der Waals surface area contributed by atoms with Crippen LogP contribution >= 0.6 is 0 Å². The summed E-state index contributed by atoms with van der Waals surface area (Å²) in [6, 6.07) is 22.2. The van der Waals surface area contributed by atoms with Crippen molar-refractivity contribution in [2.45, 2.75) is 225 Å². The Labute approximate surface area is 857 Å². The zero-order valence-corrected chi connectivity index (χ0v) is 88.7. The van der Waals surface area contributed by atoms with Crippen LogP contribution < -0.4 is 38.3 Å². The van der Waals surface area contributed by atoms with Gasteiger partial charge in [0.1, 0.15) is 23.3 Å². The average Bonchev–Trinajstić information content (AvgIpc) is 0.780. The minimum atomic E-state index is -3.66. The van der Waals surface area contributed by atoms with Crippen LogP contribution in [-0.4, -0.2) is 286 Å². The molecule has 4 aromatic carbocycles. The fraction of sp³-hybridized carbons (Fsp3) is 0.458. The van der Waals surface area contributed by atoms with E-state index in [1.165, 1.54) is 157 Å². The molecule has 0 aliphatic carbocycles. The standard InChI is InChI=1S/C26H34FN3O6S.3C22H28FN3O6S.C4H11N.Ca/c1-16(2)23-21(13-12-19-14-20(15-22(31)34-6)36-26(3,4)35-19)24(17-8-10-18(27)11-9-17)29-25(28-23)30(5)37(7,32)33;3*1-13(2)20-18(10-9-16(27)11-17(28)12-19(29)30)21(14-5-7-15(23)8-6-14)25-22(24-20)26(3)33(4,31)32;1-4(2,3)5;/h8-13,16,19-20H,14-15H2,1-7H3;3*5-10,13,16-17,27-28H,11-12H2,1-4H3,(H,29,30);5H2,1-3H3;/q;;;;;+2/p-3/b13-12+;3*10-9+;;/t19-,20-;3*16-,17-;;/m1111../s1. The number of hydrogen-bond donors (Lipinski definition) is 7. The Hall–Kier alpha value is -10.3. The number of halogens is 4. The number of benzene rings is 4. The third-order valence-corrected chi connectivity index (χ3v) is 24.9. The normalized spacial score (nSPS) is 15.3. The average molecular weight is 2090 g/mol. The third kappa shape index (κ3) is 40.7. The number of esters is 1. The van der Waals surface area contributed by atoms with E-state index in [2.05, 4.69) is 39.9 Å². The number of nitrogens with zero attached hydrogens (tertiary/aromatic N) is 12. The van der Waals surface area contributed by atoms with Gasteiger partial charge in [-0.1, -0.05) is 104 Å². The predicted octanol–water partition coefficient (Wildman–Crippen LogP) is 7.85. The van der Waals surface area contributed by atoms with Crippen LogP contribution in [0, 0.1) is 23.3 Å². The van der Waals surface area contributed by atoms with E-state index < -0.39 is 155 Å². The number of aromatic nitrogens is 8. The molecule has 0 spiro atoms. The molecule has 46 heteroatoms. The predicted molar refractivity (Wildman–Crippen MR) is 529 cm³/mol. The zero-order chi connectivity index (χ0) is 107. The number of hydrogen-bond acceptors (Lipinski definition) is 33. The molecule has 8 atom stereocenters. The maximum absolute atomic E-state index is 13.7. The number of carbonyl (C=O) groups excluding carboxylic acids is 4. The molecule has 8 N–H and O–H groups in total. The van der Waals surface area contributed by atoms with E-state index in [-0.39, 0.29) is 122 Å². The molecule has 1 saturated heterocycles. The largest absolute Gasteiger partial charge is 2.00 e. The summed E-state index contributed by atoms with van der Waals surface area (Å²) in [4.78, 5) is 79.3. The first-order chi connectivity index (χ1) is 65.1. The molecule has 774 valence electrons. The van der Waals surface area contributed by atoms with Crippen LogP contribution in [0.15, 0.2) is 121 Å². The van der Waals surface area contributed by atoms with Crippen LogP contribution in [0.4, 0.5) is 41.4 Å². The van der Waals surface area contributed by atoms with E-state index in [4.69, 9.17) is 19.9 Å². The summed E-state index contributed by atoms with van der Waals surface area (Å²) in [7, 11) is -7.91. The topological polar surface area (TPSA) is 565 Å². The van der Waals surface area contributed by atoms with Crippen molar-refractivity contribution in [2.75, 3.05) is 77.5 Å². The smallest absolute Gasteiger partial charge is 0.550 e. The van der Waals surface area contributed by atoms with Crippen molar-refractivity contribution in [1.82, 2.24) is 39.9 Å². The van der Waals surface area contributed by atoms with E-state index in [0.717, 1.165) is 42.2 Å². The molecule has 1 aliphatic rings. The molecule has 5 heterocycles. The molecule has 1 aliphatic heterocycles. The van der Waals surface area contributed by atoms with Crippen molar-refractivity contribution in [1.29, 1.82) is 0 Å². The van der Waals surface area contributed by atoms with Gasteiger partial charge in [-0.15, -0.1) is 0 Å². The van der Waals surface area contributed by atoms with Crippen molar-refractivity contribution < 1.29 is 131 Å². The summed E-state index contributed by atoms with van der Waals surface area (Å²) in [6.45, 7) is 24.4. The minimum absolute atomic E-state index is 0. The molecular weight excluding hydrogens is 1960 g/mol. The molecule has 9 rings (SSSR count). The van der Waals surface area contributed by atoms with E-state index in [1.807, 2.05) is 88.3 Å². The second-order valence-electron chi connectivity index (χ2n) is 36.0. The Morgan fingerprint density at radius 1 is 0.437 bits per heavy atom. The van der Waals surface area contributed by atoms with Crippen molar-refractivity contribution >= 4 is 150 Å². The first-order valence-electron chi connectivity index (χ1n) is 44.2. The summed E-state index contributed by atoms with van der Waals surface area (Å²) < 4.78 is 172. The van der Waals surface area contributed by atoms with Gasteiger partial charge in [0.2, 0.25) is 63.9 Å². The first kappa shape index (κ1) is 124. The quantitative estimate of drug-likeness (QED) is 0.0110. The fourth-order valence-corrected chi connectivity index (χ4v) is 14.7. The first-order valence-corrected chi connectivity index (χ1v) is 51.6. The van der Waals surface area contributed by atoms with Gasteiger partial charge in [-0.25, -0.2) is 108 Å². The molecule has 37 nitrogen and oxygen atoms in total. The number of aliphatic hydroxyl groups excluding tert-OH is 6. The monoisotopic (exact) mass is 2090 g/mol. The Balaban J connectivity index is 0.000000388. The summed E-state index contributed by atoms with van der Waals surface area (Å²) in [5, 5.41) is 91.7. The maximum Gasteiger partial charge on any atom is 2.00 e. The Morgan fingerprint density at radius 2 is 0.655 bits per heavy atom. The number of carbonyl (C=O) groups is 4. The number of ether oxygens (including phenoxy) is 3. The third-order valence-electron chi connectivity index (χ3n) is 20.3. The number of carboxylic acids is 3. The molecule has 142 heavy (non-hydrogen) atoms. The molecule has 0 unspecified atom stereocenters. The number of nitrogens with two attached hydrogens (primary N) is 1. The second-order valence-corrected chi connectivity index (χ2v) is 44.0. The molecule has 0 radical (unpaired) electrons. The van der Waals surface area contributed by atoms with Gasteiger partial charge < -0.3 is 80.3 Å². The van der Waals surface area contributed by atoms with Crippen LogP contribution in [-0.2, 0) is 73.5 Å². The molecule has 1 fully saturated rings. The Bertz CT molecular complexity index is 5780. The minimum Gasteiger partial charge on any atom is -0.550 e. The van der Waals surface area contributed by atoms with E-state index in [0.29, 0.717) is 96.5 Å². The van der Waals surface area contributed by atoms with E-state index in [9.17, 15) is 116 Å². The molecule has 4 aromatic heterocycles. The molecular formula is C96H126CaF4N13O24S4-. The van der Waals surface area contributed by atoms with Crippen molar-refractivity contribution in [3.05, 3.63) is 190 Å². The van der Waals surface area contributed by atoms with Gasteiger partial charge in [0.15, 0.2) is 5.79 Å². The summed E-state index contributed by atoms with van der Waals surface area (Å²) in [5.74, 6) is -8.19. The van der Waals surface area contributed by atoms with Crippen molar-refractivity contribution in [3.8, 4) is 45.0 Å². The summed E-state index contributed by atoms with van der Waals surface area (Å²) in [5.41, 5.74) is 13.0. The van der Waals surface area contributed by atoms with Gasteiger partial charge in [-0.2, -0.15) is 0 Å². The van der Waals surface area contributed by atoms with Gasteiger partial charge in [0, 0.05) is 141 Å². The zero-order valence-electron chi connectivity index (χ0n) is 83.3. The van der Waals surface area contributed by atoms with Crippen LogP contribution in [0.2, 0.25) is 0 Å². The van der Waals surface area contributed by atoms with Crippen molar-refractivity contribution in [2.24, 2.45) is 5.73 Å². The molecule has 0 saturated carbocycles. The van der Waals surface area contributed by atoms with Crippen molar-refractivity contribution in [3.63, 3.8) is 0 Å². The molecule has 0 amide bonds. The van der Waals surface area contributed by atoms with Gasteiger partial charge in [0.25, 0.3) is 0 Å². The van der Waals surface area contributed by atoms with Crippen LogP contribution in [0.3, 0.4) is 0 Å². The Kier molecular flexibility index (Phi) is 47.6. The number of rotatable bonds is 38. The van der Waals surface area contributed by atoms with Gasteiger partial charge in [-0.05, 0) is 155 Å². The number of methoxy groups -OCH3 is 1. The second kappa shape index (κ2) is 54.6. The van der Waals surface area contributed by atoms with Crippen LogP contribution in [0.1, 0.15) is 210 Å². The number of anilines is 4. The Morgan fingerprint density at radius 3 is 0.852 bits per heavy atom. The number of aliphatic carboxylic acids is 3. The number of aliphatic hydroxyl groups is 6. The summed E-state index contributed by atoms with van der Waals surface area (Å²) in [6.07, 6.45) is 6.23. The van der Waals surface area contributed by atoms with E-state index in [1.54, 1.807) is 26.0 Å². The number of sulfonamides is 4. The van der Waals surface area contributed by atoms with Gasteiger partial charge in [-0.3, -0.25) is 4.79 Å². The molecule has 8 aromatic rings. The molecule has 0 bridgehead atoms. The summed E-state index contributed by atoms with van der Waals surface area (Å²) >= 11 is 0. The maximum atomic E-state index is 13.7. The number of carboxylic acid groups (broad SMARTS) is 3. The van der Waals surface area contributed by atoms with E-state index >= 15 is 0 Å². The van der Waals surface area contributed by atoms with Crippen LogP contribution in [0.25, 0.3) is 69.3 Å². The fourth-order valence-electron chi connectivity index (χ4n) is 13.2. The van der Waals surface area contributed by atoms with Gasteiger partial charge in [0.05, 0.1) is 133 Å². The van der Waals surface area contributed by atoms with Crippen LogP contribution in [0.5, 0.6) is 0 Å².